The van der Waals surface area contributed by atoms with Crippen molar-refractivity contribution in [3.05, 3.63) is 77.5 Å². The number of nitrogens with one attached hydrogen (secondary N) is 2. The molecule has 1 aliphatic rings. The van der Waals surface area contributed by atoms with Crippen molar-refractivity contribution in [2.75, 3.05) is 32.6 Å². The molecule has 0 saturated carbocycles. The van der Waals surface area contributed by atoms with E-state index in [1.54, 1.807) is 30.2 Å². The highest BCUT2D eigenvalue weighted by Crippen LogP contribution is 2.38. The number of ether oxygens (including phenoxy) is 2. The second-order valence-corrected chi connectivity index (χ2v) is 7.49. The topological polar surface area (TPSA) is 93.0 Å². The van der Waals surface area contributed by atoms with Gasteiger partial charge in [-0.25, -0.2) is 9.18 Å². The van der Waals surface area contributed by atoms with Gasteiger partial charge in [-0.15, -0.1) is 0 Å². The second kappa shape index (κ2) is 9.64. The molecule has 0 aliphatic carbocycles. The lowest BCUT2D eigenvalue weighted by Gasteiger charge is -2.37. The molecule has 0 bridgehead atoms. The van der Waals surface area contributed by atoms with Crippen molar-refractivity contribution in [1.82, 2.24) is 10.2 Å². The first kappa shape index (κ1) is 22.2. The van der Waals surface area contributed by atoms with Crippen LogP contribution < -0.4 is 20.1 Å². The Bertz CT molecular complexity index is 1150. The first-order valence-corrected chi connectivity index (χ1v) is 10.4. The molecule has 1 aliphatic heterocycles. The quantitative estimate of drug-likeness (QED) is 0.589. The summed E-state index contributed by atoms with van der Waals surface area (Å²) in [7, 11) is 3.10. The zero-order valence-corrected chi connectivity index (χ0v) is 18.3. The molecule has 8 nitrogen and oxygen atoms in total. The molecule has 172 valence electrons. The summed E-state index contributed by atoms with van der Waals surface area (Å²) in [6, 6.07) is 11.7. The van der Waals surface area contributed by atoms with E-state index in [1.807, 2.05) is 12.1 Å². The molecule has 0 spiro atoms. The number of nitrogens with zero attached hydrogens (tertiary/aromatic N) is 1. The third kappa shape index (κ3) is 4.77. The molecule has 3 aromatic rings. The minimum atomic E-state index is -0.499. The van der Waals surface area contributed by atoms with Gasteiger partial charge in [-0.3, -0.25) is 4.79 Å². The van der Waals surface area contributed by atoms with E-state index in [4.69, 9.17) is 13.9 Å². The number of amides is 3. The largest absolute Gasteiger partial charge is 0.493 e. The molecule has 2 N–H and O–H groups in total. The molecule has 2 aromatic carbocycles. The van der Waals surface area contributed by atoms with Crippen LogP contribution in [0.25, 0.3) is 0 Å². The Morgan fingerprint density at radius 2 is 1.91 bits per heavy atom. The van der Waals surface area contributed by atoms with E-state index in [-0.39, 0.29) is 12.3 Å². The number of furan rings is 1. The van der Waals surface area contributed by atoms with E-state index in [1.165, 1.54) is 31.6 Å². The molecule has 2 heterocycles. The lowest BCUT2D eigenvalue weighted by molar-refractivity contribution is 0.0909. The number of benzene rings is 2. The predicted octanol–water partition coefficient (Wildman–Crippen LogP) is 4.00. The summed E-state index contributed by atoms with van der Waals surface area (Å²) in [6.07, 6.45) is 2.00. The summed E-state index contributed by atoms with van der Waals surface area (Å²) in [5.74, 6) is 0.446. The maximum atomic E-state index is 13.6. The number of hydrogen-bond donors (Lipinski definition) is 2. The zero-order valence-electron chi connectivity index (χ0n) is 18.3. The number of carbonyl (C=O) groups is 2. The van der Waals surface area contributed by atoms with Gasteiger partial charge in [0, 0.05) is 18.8 Å². The minimum Gasteiger partial charge on any atom is -0.493 e. The number of methoxy groups -OCH3 is 2. The Hall–Kier alpha value is -4.01. The Labute approximate surface area is 190 Å². The van der Waals surface area contributed by atoms with E-state index in [0.717, 1.165) is 11.1 Å². The molecule has 1 aromatic heterocycles. The van der Waals surface area contributed by atoms with Crippen molar-refractivity contribution in [3.63, 3.8) is 0 Å². The lowest BCUT2D eigenvalue weighted by Crippen LogP contribution is -2.46. The maximum absolute atomic E-state index is 13.6. The number of halogens is 1. The van der Waals surface area contributed by atoms with Crippen molar-refractivity contribution in [1.29, 1.82) is 0 Å². The van der Waals surface area contributed by atoms with Gasteiger partial charge >= 0.3 is 6.03 Å². The van der Waals surface area contributed by atoms with E-state index < -0.39 is 23.8 Å². The number of hydrogen-bond acceptors (Lipinski definition) is 5. The number of rotatable bonds is 6. The van der Waals surface area contributed by atoms with E-state index in [9.17, 15) is 14.0 Å². The van der Waals surface area contributed by atoms with Gasteiger partial charge in [0.05, 0.1) is 26.5 Å². The van der Waals surface area contributed by atoms with Crippen molar-refractivity contribution in [2.24, 2.45) is 0 Å². The Morgan fingerprint density at radius 1 is 1.12 bits per heavy atom. The Balaban J connectivity index is 1.63. The van der Waals surface area contributed by atoms with Gasteiger partial charge in [0.25, 0.3) is 5.91 Å². The molecule has 0 fully saturated rings. The van der Waals surface area contributed by atoms with Gasteiger partial charge in [0.15, 0.2) is 17.3 Å². The third-order valence-corrected chi connectivity index (χ3v) is 5.54. The fraction of sp³-hybridized carbons (Fsp3) is 0.250. The molecular formula is C24H24FN3O5. The van der Waals surface area contributed by atoms with Gasteiger partial charge in [-0.2, -0.15) is 0 Å². The first-order chi connectivity index (χ1) is 16.0. The van der Waals surface area contributed by atoms with Crippen LogP contribution in [-0.4, -0.2) is 44.1 Å². The molecule has 4 rings (SSSR count). The SMILES string of the molecule is COc1cc2c(cc1OC)C(CNC(=O)c1ccco1)N(C(=O)Nc1cccc(F)c1)CC2. The predicted molar refractivity (Wildman–Crippen MR) is 119 cm³/mol. The summed E-state index contributed by atoms with van der Waals surface area (Å²) in [4.78, 5) is 27.2. The van der Waals surface area contributed by atoms with Crippen LogP contribution in [0.15, 0.2) is 59.2 Å². The van der Waals surface area contributed by atoms with Crippen LogP contribution in [0, 0.1) is 5.82 Å². The monoisotopic (exact) mass is 453 g/mol. The van der Waals surface area contributed by atoms with E-state index in [2.05, 4.69) is 10.6 Å². The molecule has 0 saturated heterocycles. The minimum absolute atomic E-state index is 0.137. The van der Waals surface area contributed by atoms with Crippen LogP contribution >= 0.6 is 0 Å². The van der Waals surface area contributed by atoms with Crippen molar-refractivity contribution < 1.29 is 27.9 Å². The number of anilines is 1. The summed E-state index contributed by atoms with van der Waals surface area (Å²) in [5.41, 5.74) is 2.16. The average Bonchev–Trinajstić information content (AvgIpc) is 3.36. The van der Waals surface area contributed by atoms with Crippen LogP contribution in [0.1, 0.15) is 27.7 Å². The molecule has 0 radical (unpaired) electrons. The van der Waals surface area contributed by atoms with Crippen molar-refractivity contribution in [3.8, 4) is 11.5 Å². The van der Waals surface area contributed by atoms with E-state index in [0.29, 0.717) is 30.2 Å². The van der Waals surface area contributed by atoms with Crippen molar-refractivity contribution >= 4 is 17.6 Å². The summed E-state index contributed by atoms with van der Waals surface area (Å²) in [5, 5.41) is 5.57. The normalized spacial score (nSPS) is 14.9. The first-order valence-electron chi connectivity index (χ1n) is 10.4. The molecule has 3 amide bonds. The van der Waals surface area contributed by atoms with Gasteiger partial charge in [-0.1, -0.05) is 6.07 Å². The summed E-state index contributed by atoms with van der Waals surface area (Å²) >= 11 is 0. The van der Waals surface area contributed by atoms with E-state index >= 15 is 0 Å². The molecule has 33 heavy (non-hydrogen) atoms. The highest BCUT2D eigenvalue weighted by molar-refractivity contribution is 5.92. The molecule has 1 atom stereocenters. The average molecular weight is 453 g/mol. The van der Waals surface area contributed by atoms with Gasteiger partial charge < -0.3 is 29.4 Å². The maximum Gasteiger partial charge on any atom is 0.322 e. The fourth-order valence-electron chi connectivity index (χ4n) is 3.94. The summed E-state index contributed by atoms with van der Waals surface area (Å²) in [6.45, 7) is 0.531. The number of carbonyl (C=O) groups excluding carboxylic acids is 2. The standard InChI is InChI=1S/C24H24FN3O5/c1-31-21-11-15-8-9-28(24(30)27-17-6-3-5-16(25)12-17)19(18(15)13-22(21)32-2)14-26-23(29)20-7-4-10-33-20/h3-7,10-13,19H,8-9,14H2,1-2H3,(H,26,29)(H,27,30). The van der Waals surface area contributed by atoms with Gasteiger partial charge in [0.2, 0.25) is 0 Å². The lowest BCUT2D eigenvalue weighted by atomic mass is 9.91. The van der Waals surface area contributed by atoms with Gasteiger partial charge in [-0.05, 0) is 60.0 Å². The van der Waals surface area contributed by atoms with Crippen LogP contribution in [0.4, 0.5) is 14.9 Å². The molecule has 9 heteroatoms. The summed E-state index contributed by atoms with van der Waals surface area (Å²) < 4.78 is 29.6. The zero-order chi connectivity index (χ0) is 23.4. The van der Waals surface area contributed by atoms with Crippen LogP contribution in [0.5, 0.6) is 11.5 Å². The Kier molecular flexibility index (Phi) is 6.48. The molecular weight excluding hydrogens is 429 g/mol. The van der Waals surface area contributed by atoms with Crippen LogP contribution in [0.2, 0.25) is 0 Å². The smallest absolute Gasteiger partial charge is 0.322 e. The van der Waals surface area contributed by atoms with Crippen LogP contribution in [0.3, 0.4) is 0 Å². The fourth-order valence-corrected chi connectivity index (χ4v) is 3.94. The van der Waals surface area contributed by atoms with Crippen molar-refractivity contribution in [2.45, 2.75) is 12.5 Å². The third-order valence-electron chi connectivity index (χ3n) is 5.54. The highest BCUT2D eigenvalue weighted by atomic mass is 19.1. The Morgan fingerprint density at radius 3 is 2.61 bits per heavy atom. The number of urea groups is 1. The number of fused-ring (bicyclic) bond motifs is 1. The molecule has 1 unspecified atom stereocenters. The highest BCUT2D eigenvalue weighted by Gasteiger charge is 2.33. The van der Waals surface area contributed by atoms with Crippen LogP contribution in [-0.2, 0) is 6.42 Å². The second-order valence-electron chi connectivity index (χ2n) is 7.49. The van der Waals surface area contributed by atoms with Gasteiger partial charge in [0.1, 0.15) is 5.82 Å².